The van der Waals surface area contributed by atoms with Crippen LogP contribution in [0.4, 0.5) is 9.52 Å². The van der Waals surface area contributed by atoms with Gasteiger partial charge in [-0.25, -0.2) is 14.1 Å². The number of nitrogens with zero attached hydrogens (tertiary/aromatic N) is 5. The second-order valence-electron chi connectivity index (χ2n) is 6.80. The molecule has 4 rings (SSSR count). The third-order valence-electron chi connectivity index (χ3n) is 4.58. The summed E-state index contributed by atoms with van der Waals surface area (Å²) < 4.78 is 15.1. The van der Waals surface area contributed by atoms with Gasteiger partial charge < -0.3 is 5.32 Å². The first-order chi connectivity index (χ1) is 14.6. The van der Waals surface area contributed by atoms with Crippen molar-refractivity contribution < 1.29 is 9.18 Å². The summed E-state index contributed by atoms with van der Waals surface area (Å²) in [4.78, 5) is 18.4. The average molecular weight is 422 g/mol. The predicted molar refractivity (Wildman–Crippen MR) is 112 cm³/mol. The van der Waals surface area contributed by atoms with E-state index < -0.39 is 6.04 Å². The van der Waals surface area contributed by atoms with Gasteiger partial charge in [-0.05, 0) is 40.6 Å². The molecule has 152 valence electrons. The molecule has 9 heteroatoms. The van der Waals surface area contributed by atoms with E-state index in [9.17, 15) is 9.18 Å². The quantitative estimate of drug-likeness (QED) is 0.492. The van der Waals surface area contributed by atoms with E-state index in [1.54, 1.807) is 25.3 Å². The molecule has 0 spiro atoms. The Labute approximate surface area is 176 Å². The second kappa shape index (κ2) is 8.91. The third-order valence-corrected chi connectivity index (χ3v) is 5.49. The van der Waals surface area contributed by atoms with Gasteiger partial charge in [0.2, 0.25) is 0 Å². The molecular formula is C21H19FN6OS. The number of carbonyl (C=O) groups is 1. The first-order valence-corrected chi connectivity index (χ1v) is 10.2. The van der Waals surface area contributed by atoms with Crippen molar-refractivity contribution in [2.75, 3.05) is 5.32 Å². The van der Waals surface area contributed by atoms with Gasteiger partial charge in [0.15, 0.2) is 5.13 Å². The SMILES string of the molecule is Cc1nnnn1C(Cc1cccc(F)c1)C(=O)Nc1ncc(Cc2ccccc2)s1. The Bertz CT molecular complexity index is 1140. The minimum atomic E-state index is -0.733. The number of carbonyl (C=O) groups excluding carboxylic acids is 1. The van der Waals surface area contributed by atoms with Crippen LogP contribution in [0.15, 0.2) is 60.8 Å². The van der Waals surface area contributed by atoms with E-state index in [2.05, 4.69) is 25.8 Å². The van der Waals surface area contributed by atoms with Gasteiger partial charge in [0.1, 0.15) is 17.7 Å². The Morgan fingerprint density at radius 1 is 1.17 bits per heavy atom. The number of thiazole rings is 1. The molecule has 0 aliphatic heterocycles. The highest BCUT2D eigenvalue weighted by Crippen LogP contribution is 2.23. The largest absolute Gasteiger partial charge is 0.300 e. The van der Waals surface area contributed by atoms with Gasteiger partial charge in [0, 0.05) is 23.9 Å². The zero-order valence-electron chi connectivity index (χ0n) is 16.2. The van der Waals surface area contributed by atoms with Crippen LogP contribution in [0.25, 0.3) is 0 Å². The van der Waals surface area contributed by atoms with Crippen molar-refractivity contribution in [1.82, 2.24) is 25.2 Å². The Morgan fingerprint density at radius 3 is 2.70 bits per heavy atom. The first-order valence-electron chi connectivity index (χ1n) is 9.37. The molecule has 0 saturated carbocycles. The monoisotopic (exact) mass is 422 g/mol. The molecule has 2 heterocycles. The van der Waals surface area contributed by atoms with Crippen LogP contribution >= 0.6 is 11.3 Å². The molecule has 0 aliphatic carbocycles. The standard InChI is InChI=1S/C21H19FN6OS/c1-14-25-26-27-28(14)19(12-16-8-5-9-17(22)10-16)20(29)24-21-23-13-18(30-21)11-15-6-3-2-4-7-15/h2-10,13,19H,11-12H2,1H3,(H,23,24,29). The maximum Gasteiger partial charge on any atom is 0.251 e. The molecule has 0 aliphatic rings. The van der Waals surface area contributed by atoms with Crippen molar-refractivity contribution in [3.05, 3.63) is 88.4 Å². The van der Waals surface area contributed by atoms with Crippen LogP contribution in [0.3, 0.4) is 0 Å². The average Bonchev–Trinajstić information content (AvgIpc) is 3.35. The number of rotatable bonds is 7. The third kappa shape index (κ3) is 4.74. The normalized spacial score (nSPS) is 11.9. The Morgan fingerprint density at radius 2 is 1.97 bits per heavy atom. The van der Waals surface area contributed by atoms with Gasteiger partial charge in [-0.3, -0.25) is 4.79 Å². The van der Waals surface area contributed by atoms with Crippen LogP contribution in [0.1, 0.15) is 27.9 Å². The number of nitrogens with one attached hydrogen (secondary N) is 1. The van der Waals surface area contributed by atoms with E-state index in [0.717, 1.165) is 11.3 Å². The molecule has 2 aromatic heterocycles. The maximum atomic E-state index is 13.6. The Hall–Kier alpha value is -3.46. The van der Waals surface area contributed by atoms with E-state index in [0.29, 0.717) is 16.5 Å². The summed E-state index contributed by atoms with van der Waals surface area (Å²) in [6.07, 6.45) is 2.75. The van der Waals surface area contributed by atoms with Crippen LogP contribution in [-0.2, 0) is 17.6 Å². The molecule has 0 radical (unpaired) electrons. The number of amides is 1. The van der Waals surface area contributed by atoms with Gasteiger partial charge in [0.25, 0.3) is 5.91 Å². The number of anilines is 1. The van der Waals surface area contributed by atoms with E-state index in [1.807, 2.05) is 30.3 Å². The molecule has 0 saturated heterocycles. The number of halogens is 1. The lowest BCUT2D eigenvalue weighted by Gasteiger charge is -2.16. The number of hydrogen-bond acceptors (Lipinski definition) is 6. The molecule has 4 aromatic rings. The van der Waals surface area contributed by atoms with Crippen molar-refractivity contribution in [2.24, 2.45) is 0 Å². The van der Waals surface area contributed by atoms with Crippen molar-refractivity contribution in [1.29, 1.82) is 0 Å². The Kier molecular flexibility index (Phi) is 5.89. The summed E-state index contributed by atoms with van der Waals surface area (Å²) in [7, 11) is 0. The van der Waals surface area contributed by atoms with Crippen LogP contribution in [0.5, 0.6) is 0 Å². The number of benzene rings is 2. The molecule has 30 heavy (non-hydrogen) atoms. The van der Waals surface area contributed by atoms with Gasteiger partial charge in [-0.2, -0.15) is 0 Å². The van der Waals surface area contributed by atoms with Gasteiger partial charge in [-0.15, -0.1) is 16.4 Å². The molecule has 0 bridgehead atoms. The molecular weight excluding hydrogens is 403 g/mol. The number of aryl methyl sites for hydroxylation is 1. The van der Waals surface area contributed by atoms with Crippen LogP contribution < -0.4 is 5.32 Å². The van der Waals surface area contributed by atoms with E-state index >= 15 is 0 Å². The lowest BCUT2D eigenvalue weighted by Crippen LogP contribution is -2.29. The van der Waals surface area contributed by atoms with Crippen LogP contribution in [-0.4, -0.2) is 31.1 Å². The lowest BCUT2D eigenvalue weighted by atomic mass is 10.1. The smallest absolute Gasteiger partial charge is 0.251 e. The summed E-state index contributed by atoms with van der Waals surface area (Å²) >= 11 is 1.42. The van der Waals surface area contributed by atoms with Crippen molar-refractivity contribution >= 4 is 22.4 Å². The second-order valence-corrected chi connectivity index (χ2v) is 7.92. The summed E-state index contributed by atoms with van der Waals surface area (Å²) in [6, 6.07) is 15.5. The van der Waals surface area contributed by atoms with Crippen molar-refractivity contribution in [3.63, 3.8) is 0 Å². The highest BCUT2D eigenvalue weighted by Gasteiger charge is 2.25. The van der Waals surface area contributed by atoms with E-state index in [-0.39, 0.29) is 18.1 Å². The topological polar surface area (TPSA) is 85.6 Å². The summed E-state index contributed by atoms with van der Waals surface area (Å²) in [6.45, 7) is 1.72. The summed E-state index contributed by atoms with van der Waals surface area (Å²) in [5.41, 5.74) is 1.85. The number of tetrazole rings is 1. The molecule has 2 aromatic carbocycles. The predicted octanol–water partition coefficient (Wildman–Crippen LogP) is 3.59. The van der Waals surface area contributed by atoms with Crippen LogP contribution in [0.2, 0.25) is 0 Å². The lowest BCUT2D eigenvalue weighted by molar-refractivity contribution is -0.119. The fourth-order valence-electron chi connectivity index (χ4n) is 3.14. The molecule has 1 N–H and O–H groups in total. The number of aromatic nitrogens is 5. The minimum Gasteiger partial charge on any atom is -0.300 e. The van der Waals surface area contributed by atoms with Crippen LogP contribution in [0, 0.1) is 12.7 Å². The highest BCUT2D eigenvalue weighted by molar-refractivity contribution is 7.15. The first kappa shape index (κ1) is 19.8. The molecule has 7 nitrogen and oxygen atoms in total. The maximum absolute atomic E-state index is 13.6. The zero-order chi connectivity index (χ0) is 20.9. The van der Waals surface area contributed by atoms with Gasteiger partial charge in [0.05, 0.1) is 0 Å². The van der Waals surface area contributed by atoms with Crippen molar-refractivity contribution in [3.8, 4) is 0 Å². The van der Waals surface area contributed by atoms with Gasteiger partial charge >= 0.3 is 0 Å². The van der Waals surface area contributed by atoms with Crippen molar-refractivity contribution in [2.45, 2.75) is 25.8 Å². The summed E-state index contributed by atoms with van der Waals surface area (Å²) in [5.74, 6) is -0.170. The highest BCUT2D eigenvalue weighted by atomic mass is 32.1. The zero-order valence-corrected chi connectivity index (χ0v) is 17.0. The Balaban J connectivity index is 1.51. The van der Waals surface area contributed by atoms with E-state index in [4.69, 9.17) is 0 Å². The minimum absolute atomic E-state index is 0.248. The van der Waals surface area contributed by atoms with Gasteiger partial charge in [-0.1, -0.05) is 42.5 Å². The molecule has 0 fully saturated rings. The number of hydrogen-bond donors (Lipinski definition) is 1. The molecule has 1 unspecified atom stereocenters. The molecule has 1 amide bonds. The summed E-state index contributed by atoms with van der Waals surface area (Å²) in [5, 5.41) is 14.8. The van der Waals surface area contributed by atoms with E-state index in [1.165, 1.54) is 33.7 Å². The fourth-order valence-corrected chi connectivity index (χ4v) is 3.99. The molecule has 1 atom stereocenters. The fraction of sp³-hybridized carbons (Fsp3) is 0.190.